The molecule has 6 rings (SSSR count). The number of fused-ring (bicyclic) bond motifs is 1. The number of nitrogens with one attached hydrogen (secondary N) is 1. The molecular weight excluding hydrogens is 538 g/mol. The number of hydrogen-bond donors (Lipinski definition) is 3. The van der Waals surface area contributed by atoms with Crippen molar-refractivity contribution in [3.8, 4) is 11.5 Å². The molecule has 1 saturated heterocycles. The van der Waals surface area contributed by atoms with E-state index < -0.39 is 29.6 Å². The lowest BCUT2D eigenvalue weighted by Gasteiger charge is -2.37. The Morgan fingerprint density at radius 3 is 2.21 bits per heavy atom. The van der Waals surface area contributed by atoms with Gasteiger partial charge in [0.05, 0.1) is 34.6 Å². The molecule has 5 aromatic rings. The molecule has 0 aliphatic carbocycles. The third-order valence-electron chi connectivity index (χ3n) is 7.46. The summed E-state index contributed by atoms with van der Waals surface area (Å²) in [5, 5.41) is 11.2. The molecule has 11 heteroatoms. The summed E-state index contributed by atoms with van der Waals surface area (Å²) in [5.41, 5.74) is 6.79. The number of aromatic nitrogens is 4. The number of ether oxygens (including phenoxy) is 4. The second kappa shape index (κ2) is 11.3. The number of hydrogen-bond acceptors (Lipinski definition) is 9. The van der Waals surface area contributed by atoms with E-state index in [-0.39, 0.29) is 30.1 Å². The van der Waals surface area contributed by atoms with Crippen LogP contribution in [0, 0.1) is 0 Å². The van der Waals surface area contributed by atoms with Crippen molar-refractivity contribution in [2.24, 2.45) is 0 Å². The van der Waals surface area contributed by atoms with Crippen molar-refractivity contribution >= 4 is 17.1 Å². The smallest absolute Gasteiger partial charge is 0.280 e. The normalized spacial score (nSPS) is 20.9. The van der Waals surface area contributed by atoms with Gasteiger partial charge in [0.15, 0.2) is 11.2 Å². The standard InChI is InChI=1S/C31H31N5O6/c1-39-22-12-8-20(9-13-22)31(19-6-4-3-5-7-19,21-10-14-23(40-2)15-11-21)41-17-25-24(37)16-26(42-25)36-18-33-27-28(36)34-30(32)35-29(27)38/h3-15,18,24-26,37H,16-17H2,1-2H3,(H3,32,34,35,38)/t24-,25+,26+/m0/s1/i24D. The Bertz CT molecular complexity index is 1730. The molecule has 11 nitrogen and oxygen atoms in total. The van der Waals surface area contributed by atoms with Crippen molar-refractivity contribution in [3.63, 3.8) is 0 Å². The first-order chi connectivity index (χ1) is 20.7. The molecule has 42 heavy (non-hydrogen) atoms. The lowest BCUT2D eigenvalue weighted by atomic mass is 9.80. The van der Waals surface area contributed by atoms with Gasteiger partial charge in [-0.2, -0.15) is 4.98 Å². The number of H-pyrrole nitrogens is 1. The summed E-state index contributed by atoms with van der Waals surface area (Å²) in [6.45, 7) is -0.160. The maximum atomic E-state index is 12.3. The fourth-order valence-electron chi connectivity index (χ4n) is 5.35. The zero-order chi connectivity index (χ0) is 30.2. The summed E-state index contributed by atoms with van der Waals surface area (Å²) in [5.74, 6) is 1.29. The number of methoxy groups -OCH3 is 2. The van der Waals surface area contributed by atoms with Crippen LogP contribution in [0.3, 0.4) is 0 Å². The molecule has 0 saturated carbocycles. The van der Waals surface area contributed by atoms with Crippen molar-refractivity contribution < 1.29 is 25.4 Å². The van der Waals surface area contributed by atoms with E-state index in [0.717, 1.165) is 16.7 Å². The minimum absolute atomic E-state index is 0.0770. The van der Waals surface area contributed by atoms with Gasteiger partial charge in [0.1, 0.15) is 29.4 Å². The first kappa shape index (κ1) is 26.2. The summed E-state index contributed by atoms with van der Waals surface area (Å²) >= 11 is 0. The molecule has 4 N–H and O–H groups in total. The number of rotatable bonds is 9. The molecule has 0 unspecified atom stereocenters. The molecule has 0 spiro atoms. The van der Waals surface area contributed by atoms with E-state index in [1.807, 2.05) is 78.9 Å². The largest absolute Gasteiger partial charge is 0.497 e. The van der Waals surface area contributed by atoms with E-state index in [1.54, 1.807) is 14.2 Å². The predicted octanol–water partition coefficient (Wildman–Crippen LogP) is 3.38. The fraction of sp³-hybridized carbons (Fsp3) is 0.258. The van der Waals surface area contributed by atoms with E-state index in [2.05, 4.69) is 15.0 Å². The van der Waals surface area contributed by atoms with Crippen LogP contribution in [0.15, 0.2) is 90.0 Å². The van der Waals surface area contributed by atoms with Crippen LogP contribution in [0.2, 0.25) is 0 Å². The van der Waals surface area contributed by atoms with Gasteiger partial charge >= 0.3 is 0 Å². The molecule has 0 radical (unpaired) electrons. The quantitative estimate of drug-likeness (QED) is 0.227. The Labute approximate surface area is 242 Å². The molecular formula is C31H31N5O6. The average molecular weight is 571 g/mol. The Kier molecular flexibility index (Phi) is 7.04. The molecule has 216 valence electrons. The van der Waals surface area contributed by atoms with Crippen LogP contribution in [0.1, 0.15) is 30.7 Å². The topological polar surface area (TPSA) is 147 Å². The highest BCUT2D eigenvalue weighted by molar-refractivity contribution is 5.70. The van der Waals surface area contributed by atoms with Gasteiger partial charge in [-0.3, -0.25) is 14.3 Å². The highest BCUT2D eigenvalue weighted by Crippen LogP contribution is 2.43. The summed E-state index contributed by atoms with van der Waals surface area (Å²) < 4.78 is 34.1. The zero-order valence-corrected chi connectivity index (χ0v) is 23.1. The predicted molar refractivity (Wildman–Crippen MR) is 155 cm³/mol. The second-order valence-corrected chi connectivity index (χ2v) is 9.87. The number of nitrogens with two attached hydrogens (primary N) is 1. The summed E-state index contributed by atoms with van der Waals surface area (Å²) in [6, 6.07) is 24.8. The van der Waals surface area contributed by atoms with Crippen LogP contribution in [-0.4, -0.2) is 57.6 Å². The van der Waals surface area contributed by atoms with Crippen molar-refractivity contribution in [3.05, 3.63) is 112 Å². The first-order valence-electron chi connectivity index (χ1n) is 13.8. The zero-order valence-electron chi connectivity index (χ0n) is 24.1. The van der Waals surface area contributed by atoms with Crippen LogP contribution >= 0.6 is 0 Å². The monoisotopic (exact) mass is 570 g/mol. The molecule has 1 aliphatic rings. The molecule has 3 atom stereocenters. The van der Waals surface area contributed by atoms with Gasteiger partial charge in [-0.15, -0.1) is 0 Å². The molecule has 0 bridgehead atoms. The summed E-state index contributed by atoms with van der Waals surface area (Å²) in [4.78, 5) is 23.0. The van der Waals surface area contributed by atoms with E-state index in [0.29, 0.717) is 11.5 Å². The number of aliphatic hydroxyl groups is 1. The number of aromatic amines is 1. The Balaban J connectivity index is 1.40. The number of nitrogen functional groups attached to an aromatic ring is 1. The van der Waals surface area contributed by atoms with Gasteiger partial charge in [-0.25, -0.2) is 4.98 Å². The van der Waals surface area contributed by atoms with Crippen molar-refractivity contribution in [1.29, 1.82) is 0 Å². The minimum Gasteiger partial charge on any atom is -0.497 e. The second-order valence-electron chi connectivity index (χ2n) is 9.87. The lowest BCUT2D eigenvalue weighted by molar-refractivity contribution is -0.0931. The third kappa shape index (κ3) is 4.87. The number of nitrogens with zero attached hydrogens (tertiary/aromatic N) is 3. The average Bonchev–Trinajstić information content (AvgIpc) is 3.58. The first-order valence-corrected chi connectivity index (χ1v) is 13.3. The van der Waals surface area contributed by atoms with Gasteiger partial charge in [-0.1, -0.05) is 54.6 Å². The Morgan fingerprint density at radius 1 is 1.02 bits per heavy atom. The lowest BCUT2D eigenvalue weighted by Crippen LogP contribution is -2.38. The van der Waals surface area contributed by atoms with E-state index in [4.69, 9.17) is 26.1 Å². The fourth-order valence-corrected chi connectivity index (χ4v) is 5.35. The van der Waals surface area contributed by atoms with Crippen molar-refractivity contribution in [1.82, 2.24) is 19.5 Å². The Morgan fingerprint density at radius 2 is 1.62 bits per heavy atom. The van der Waals surface area contributed by atoms with Crippen LogP contribution in [0.5, 0.6) is 11.5 Å². The van der Waals surface area contributed by atoms with E-state index in [1.165, 1.54) is 10.9 Å². The van der Waals surface area contributed by atoms with Gasteiger partial charge in [0.25, 0.3) is 5.56 Å². The maximum absolute atomic E-state index is 12.3. The SMILES string of the molecule is [2H][C@]1(O)C[C@H](n2cnc3c(=O)[nH]c(N)nc32)O[C@@H]1COC(c1ccccc1)(c1ccc(OC)cc1)c1ccc(OC)cc1. The number of anilines is 1. The highest BCUT2D eigenvalue weighted by atomic mass is 16.6. The Hall–Kier alpha value is -4.71. The third-order valence-corrected chi connectivity index (χ3v) is 7.46. The highest BCUT2D eigenvalue weighted by Gasteiger charge is 2.42. The van der Waals surface area contributed by atoms with Crippen LogP contribution < -0.4 is 20.8 Å². The molecule has 2 aromatic heterocycles. The van der Waals surface area contributed by atoms with Crippen molar-refractivity contribution in [2.45, 2.75) is 30.4 Å². The summed E-state index contributed by atoms with van der Waals surface area (Å²) in [7, 11) is 3.21. The number of benzene rings is 3. The van der Waals surface area contributed by atoms with Crippen LogP contribution in [-0.2, 0) is 15.1 Å². The minimum atomic E-state index is -2.03. The van der Waals surface area contributed by atoms with Crippen molar-refractivity contribution in [2.75, 3.05) is 26.6 Å². The molecule has 1 aliphatic heterocycles. The maximum Gasteiger partial charge on any atom is 0.280 e. The van der Waals surface area contributed by atoms with Gasteiger partial charge in [0, 0.05) is 6.42 Å². The van der Waals surface area contributed by atoms with Gasteiger partial charge in [-0.05, 0) is 41.0 Å². The summed E-state index contributed by atoms with van der Waals surface area (Å²) in [6.07, 6.45) is -2.68. The molecule has 0 amide bonds. The molecule has 1 fully saturated rings. The van der Waals surface area contributed by atoms with Crippen LogP contribution in [0.4, 0.5) is 5.95 Å². The number of imidazole rings is 1. The van der Waals surface area contributed by atoms with E-state index >= 15 is 0 Å². The van der Waals surface area contributed by atoms with Gasteiger partial charge in [0.2, 0.25) is 5.95 Å². The van der Waals surface area contributed by atoms with Gasteiger partial charge < -0.3 is 29.8 Å². The van der Waals surface area contributed by atoms with E-state index in [9.17, 15) is 9.90 Å². The van der Waals surface area contributed by atoms with Crippen LogP contribution in [0.25, 0.3) is 11.2 Å². The molecule has 3 heterocycles. The molecule has 3 aromatic carbocycles.